The molecule has 0 aliphatic rings. The third kappa shape index (κ3) is 5.99. The van der Waals surface area contributed by atoms with E-state index in [2.05, 4.69) is 17.2 Å². The van der Waals surface area contributed by atoms with E-state index in [-0.39, 0.29) is 17.9 Å². The van der Waals surface area contributed by atoms with Crippen LogP contribution in [0, 0.1) is 0 Å². The number of para-hydroxylation sites is 1. The second-order valence-corrected chi connectivity index (χ2v) is 6.56. The number of carbonyl (C=O) groups excluding carboxylic acids is 2. The number of hydrogen-bond acceptors (Lipinski definition) is 3. The highest BCUT2D eigenvalue weighted by atomic mass is 16.5. The molecule has 2 aromatic rings. The van der Waals surface area contributed by atoms with Gasteiger partial charge < -0.3 is 15.4 Å². The molecule has 0 spiro atoms. The van der Waals surface area contributed by atoms with Gasteiger partial charge in [0.05, 0.1) is 11.3 Å². The van der Waals surface area contributed by atoms with Crippen molar-refractivity contribution in [2.75, 3.05) is 11.9 Å². The molecular weight excluding hydrogens is 340 g/mol. The number of hydrogen-bond donors (Lipinski definition) is 2. The van der Waals surface area contributed by atoms with E-state index in [1.165, 1.54) is 0 Å². The highest BCUT2D eigenvalue weighted by Gasteiger charge is 2.15. The average Bonchev–Trinajstić information content (AvgIpc) is 2.66. The predicted octanol–water partition coefficient (Wildman–Crippen LogP) is 4.42. The Kier molecular flexibility index (Phi) is 7.17. The lowest BCUT2D eigenvalue weighted by atomic mass is 10.1. The van der Waals surface area contributed by atoms with E-state index in [9.17, 15) is 9.59 Å². The van der Waals surface area contributed by atoms with Gasteiger partial charge in [-0.2, -0.15) is 0 Å². The van der Waals surface area contributed by atoms with Crippen molar-refractivity contribution >= 4 is 17.5 Å². The second kappa shape index (κ2) is 9.57. The Labute approximate surface area is 160 Å². The lowest BCUT2D eigenvalue weighted by Gasteiger charge is -2.15. The van der Waals surface area contributed by atoms with E-state index in [1.54, 1.807) is 48.5 Å². The van der Waals surface area contributed by atoms with E-state index in [0.29, 0.717) is 29.2 Å². The maximum atomic E-state index is 12.6. The van der Waals surface area contributed by atoms with Gasteiger partial charge in [-0.3, -0.25) is 9.59 Å². The summed E-state index contributed by atoms with van der Waals surface area (Å²) in [5.74, 6) is 0.0757. The minimum Gasteiger partial charge on any atom is -0.489 e. The molecular formula is C22H26N2O3. The summed E-state index contributed by atoms with van der Waals surface area (Å²) in [4.78, 5) is 25.1. The molecule has 2 aromatic carbocycles. The molecule has 2 rings (SSSR count). The summed E-state index contributed by atoms with van der Waals surface area (Å²) < 4.78 is 5.58. The molecule has 0 aliphatic heterocycles. The number of benzene rings is 2. The van der Waals surface area contributed by atoms with E-state index >= 15 is 0 Å². The Bertz CT molecular complexity index is 830. The van der Waals surface area contributed by atoms with Crippen molar-refractivity contribution in [3.63, 3.8) is 0 Å². The van der Waals surface area contributed by atoms with Crippen molar-refractivity contribution in [3.05, 3.63) is 71.8 Å². The summed E-state index contributed by atoms with van der Waals surface area (Å²) in [6.45, 7) is 10.0. The Hall–Kier alpha value is -3.08. The van der Waals surface area contributed by atoms with Gasteiger partial charge in [0.2, 0.25) is 0 Å². The van der Waals surface area contributed by atoms with E-state index in [0.717, 1.165) is 12.0 Å². The molecule has 0 aliphatic carbocycles. The van der Waals surface area contributed by atoms with Gasteiger partial charge in [0.15, 0.2) is 0 Å². The van der Waals surface area contributed by atoms with Crippen molar-refractivity contribution in [1.82, 2.24) is 5.32 Å². The van der Waals surface area contributed by atoms with Crippen LogP contribution in [0.5, 0.6) is 5.75 Å². The fourth-order valence-electron chi connectivity index (χ4n) is 2.32. The topological polar surface area (TPSA) is 67.4 Å². The SMILES string of the molecule is C=C(C)COc1cccc(C(=O)Nc2ccccc2C(=O)N[C@@H](C)CC)c1. The van der Waals surface area contributed by atoms with Crippen molar-refractivity contribution in [2.45, 2.75) is 33.2 Å². The highest BCUT2D eigenvalue weighted by molar-refractivity contribution is 6.09. The molecule has 2 amide bonds. The molecule has 0 unspecified atom stereocenters. The Morgan fingerprint density at radius 2 is 1.85 bits per heavy atom. The van der Waals surface area contributed by atoms with Crippen LogP contribution >= 0.6 is 0 Å². The van der Waals surface area contributed by atoms with E-state index in [1.807, 2.05) is 20.8 Å². The van der Waals surface area contributed by atoms with Crippen LogP contribution in [0.4, 0.5) is 5.69 Å². The fourth-order valence-corrected chi connectivity index (χ4v) is 2.32. The van der Waals surface area contributed by atoms with Gasteiger partial charge in [0, 0.05) is 11.6 Å². The lowest BCUT2D eigenvalue weighted by molar-refractivity contribution is 0.0940. The predicted molar refractivity (Wildman–Crippen MR) is 108 cm³/mol. The van der Waals surface area contributed by atoms with Gasteiger partial charge in [0.1, 0.15) is 12.4 Å². The van der Waals surface area contributed by atoms with Gasteiger partial charge in [-0.15, -0.1) is 0 Å². The Balaban J connectivity index is 2.15. The van der Waals surface area contributed by atoms with Gasteiger partial charge >= 0.3 is 0 Å². The summed E-state index contributed by atoms with van der Waals surface area (Å²) in [5, 5.41) is 5.74. The number of amides is 2. The number of anilines is 1. The molecule has 0 heterocycles. The van der Waals surface area contributed by atoms with Crippen LogP contribution in [-0.2, 0) is 0 Å². The standard InChI is InChI=1S/C22H26N2O3/c1-5-16(4)23-22(26)19-11-6-7-12-20(19)24-21(25)17-9-8-10-18(13-17)27-14-15(2)3/h6-13,16H,2,5,14H2,1,3-4H3,(H,23,26)(H,24,25)/t16-/m0/s1. The maximum Gasteiger partial charge on any atom is 0.255 e. The van der Waals surface area contributed by atoms with Crippen LogP contribution in [0.15, 0.2) is 60.7 Å². The van der Waals surface area contributed by atoms with Crippen LogP contribution in [0.25, 0.3) is 0 Å². The second-order valence-electron chi connectivity index (χ2n) is 6.56. The van der Waals surface area contributed by atoms with Crippen LogP contribution in [0.1, 0.15) is 47.9 Å². The van der Waals surface area contributed by atoms with Crippen LogP contribution in [0.2, 0.25) is 0 Å². The van der Waals surface area contributed by atoms with Crippen LogP contribution in [-0.4, -0.2) is 24.5 Å². The molecule has 27 heavy (non-hydrogen) atoms. The first-order chi connectivity index (χ1) is 12.9. The molecule has 1 atom stereocenters. The maximum absolute atomic E-state index is 12.6. The minimum absolute atomic E-state index is 0.0587. The molecule has 0 radical (unpaired) electrons. The first-order valence-electron chi connectivity index (χ1n) is 8.99. The summed E-state index contributed by atoms with van der Waals surface area (Å²) in [6, 6.07) is 13.9. The van der Waals surface area contributed by atoms with Crippen molar-refractivity contribution in [2.24, 2.45) is 0 Å². The van der Waals surface area contributed by atoms with E-state index in [4.69, 9.17) is 4.74 Å². The molecule has 5 heteroatoms. The van der Waals surface area contributed by atoms with Gasteiger partial charge in [-0.05, 0) is 56.2 Å². The molecule has 0 saturated heterocycles. The first-order valence-corrected chi connectivity index (χ1v) is 8.99. The Morgan fingerprint density at radius 1 is 1.11 bits per heavy atom. The van der Waals surface area contributed by atoms with Crippen LogP contribution < -0.4 is 15.4 Å². The first kappa shape index (κ1) is 20.2. The molecule has 0 bridgehead atoms. The average molecular weight is 366 g/mol. The van der Waals surface area contributed by atoms with Crippen LogP contribution in [0.3, 0.4) is 0 Å². The number of rotatable bonds is 8. The zero-order valence-corrected chi connectivity index (χ0v) is 16.0. The van der Waals surface area contributed by atoms with Crippen molar-refractivity contribution in [3.8, 4) is 5.75 Å². The molecule has 5 nitrogen and oxygen atoms in total. The summed E-state index contributed by atoms with van der Waals surface area (Å²) in [5.41, 5.74) is 2.25. The molecule has 0 saturated carbocycles. The third-order valence-corrected chi connectivity index (χ3v) is 3.99. The highest BCUT2D eigenvalue weighted by Crippen LogP contribution is 2.19. The summed E-state index contributed by atoms with van der Waals surface area (Å²) >= 11 is 0. The van der Waals surface area contributed by atoms with E-state index < -0.39 is 0 Å². The van der Waals surface area contributed by atoms with Gasteiger partial charge in [0.25, 0.3) is 11.8 Å². The minimum atomic E-state index is -0.306. The summed E-state index contributed by atoms with van der Waals surface area (Å²) in [7, 11) is 0. The summed E-state index contributed by atoms with van der Waals surface area (Å²) in [6.07, 6.45) is 0.831. The Morgan fingerprint density at radius 3 is 2.56 bits per heavy atom. The van der Waals surface area contributed by atoms with Gasteiger partial charge in [-0.1, -0.05) is 31.7 Å². The molecule has 2 N–H and O–H groups in total. The lowest BCUT2D eigenvalue weighted by Crippen LogP contribution is -2.32. The van der Waals surface area contributed by atoms with Crippen molar-refractivity contribution < 1.29 is 14.3 Å². The number of ether oxygens (including phenoxy) is 1. The monoisotopic (exact) mass is 366 g/mol. The molecule has 0 aromatic heterocycles. The number of carbonyl (C=O) groups is 2. The smallest absolute Gasteiger partial charge is 0.255 e. The molecule has 142 valence electrons. The zero-order valence-electron chi connectivity index (χ0n) is 16.0. The number of nitrogens with one attached hydrogen (secondary N) is 2. The normalized spacial score (nSPS) is 11.4. The largest absolute Gasteiger partial charge is 0.489 e. The molecule has 0 fully saturated rings. The third-order valence-electron chi connectivity index (χ3n) is 3.99. The van der Waals surface area contributed by atoms with Crippen molar-refractivity contribution in [1.29, 1.82) is 0 Å². The van der Waals surface area contributed by atoms with Gasteiger partial charge in [-0.25, -0.2) is 0 Å². The zero-order chi connectivity index (χ0) is 19.8. The fraction of sp³-hybridized carbons (Fsp3) is 0.273. The quantitative estimate of drug-likeness (QED) is 0.680.